The fourth-order valence-corrected chi connectivity index (χ4v) is 2.30. The molecule has 0 atom stereocenters. The minimum atomic E-state index is 0.536. The second-order valence-corrected chi connectivity index (χ2v) is 4.68. The molecule has 5 heteroatoms. The molecule has 0 N–H and O–H groups in total. The van der Waals surface area contributed by atoms with Gasteiger partial charge in [0.1, 0.15) is 5.52 Å². The quantitative estimate of drug-likeness (QED) is 0.362. The summed E-state index contributed by atoms with van der Waals surface area (Å²) in [5, 5.41) is 9.79. The van der Waals surface area contributed by atoms with Crippen LogP contribution < -0.4 is 0 Å². The Kier molecular flexibility index (Phi) is 2.13. The lowest BCUT2D eigenvalue weighted by Crippen LogP contribution is -1.94. The van der Waals surface area contributed by atoms with Gasteiger partial charge in [-0.05, 0) is 30.3 Å². The number of fused-ring (bicyclic) bond motifs is 4. The van der Waals surface area contributed by atoms with Crippen LogP contribution in [0.3, 0.4) is 0 Å². The highest BCUT2D eigenvalue weighted by molar-refractivity contribution is 6.31. The van der Waals surface area contributed by atoms with E-state index in [0.29, 0.717) is 10.7 Å². The molecule has 0 aliphatic heterocycles. The Morgan fingerprint density at radius 3 is 2.42 bits per heavy atom. The van der Waals surface area contributed by atoms with E-state index in [1.807, 2.05) is 36.4 Å². The fraction of sp³-hybridized carbons (Fsp3) is 0. The summed E-state index contributed by atoms with van der Waals surface area (Å²) in [5.74, 6) is 0. The maximum atomic E-state index is 6.04. The molecule has 0 spiro atoms. The molecule has 0 amide bonds. The molecule has 4 nitrogen and oxygen atoms in total. The monoisotopic (exact) mass is 266 g/mol. The second-order valence-electron chi connectivity index (χ2n) is 4.25. The highest BCUT2D eigenvalue weighted by Gasteiger charge is 2.08. The molecule has 90 valence electrons. The van der Waals surface area contributed by atoms with Gasteiger partial charge in [0.2, 0.25) is 5.65 Å². The lowest BCUT2D eigenvalue weighted by atomic mass is 10.2. The zero-order chi connectivity index (χ0) is 12.8. The molecule has 2 aromatic heterocycles. The van der Waals surface area contributed by atoms with Crippen molar-refractivity contribution < 1.29 is 0 Å². The molecular weight excluding hydrogens is 260 g/mol. The molecule has 4 rings (SSSR count). The Hall–Kier alpha value is -2.33. The maximum absolute atomic E-state index is 6.04. The van der Waals surface area contributed by atoms with Crippen molar-refractivity contribution in [3.63, 3.8) is 0 Å². The number of benzene rings is 2. The van der Waals surface area contributed by atoms with E-state index in [4.69, 9.17) is 11.6 Å². The summed E-state index contributed by atoms with van der Waals surface area (Å²) in [6.45, 7) is 0. The van der Waals surface area contributed by atoms with E-state index >= 15 is 0 Å². The van der Waals surface area contributed by atoms with Crippen LogP contribution in [0.1, 0.15) is 0 Å². The van der Waals surface area contributed by atoms with E-state index in [1.54, 1.807) is 6.07 Å². The zero-order valence-electron chi connectivity index (χ0n) is 9.71. The summed E-state index contributed by atoms with van der Waals surface area (Å²) in [6.07, 6.45) is 0. The highest BCUT2D eigenvalue weighted by Crippen LogP contribution is 2.24. The van der Waals surface area contributed by atoms with Gasteiger partial charge in [-0.15, -0.1) is 10.2 Å². The van der Waals surface area contributed by atoms with Crippen LogP contribution in [0.25, 0.3) is 33.1 Å². The van der Waals surface area contributed by atoms with Crippen LogP contribution in [-0.2, 0) is 0 Å². The molecule has 0 saturated heterocycles. The number of rotatable bonds is 0. The van der Waals surface area contributed by atoms with Crippen molar-refractivity contribution in [2.45, 2.75) is 0 Å². The van der Waals surface area contributed by atoms with Crippen molar-refractivity contribution in [1.82, 2.24) is 20.2 Å². The predicted octanol–water partition coefficient (Wildman–Crippen LogP) is 3.38. The van der Waals surface area contributed by atoms with Gasteiger partial charge in [0.15, 0.2) is 0 Å². The molecule has 2 heterocycles. The van der Waals surface area contributed by atoms with Crippen molar-refractivity contribution in [3.05, 3.63) is 47.5 Å². The van der Waals surface area contributed by atoms with Gasteiger partial charge in [0, 0.05) is 10.4 Å². The molecular formula is C14H7ClN4. The van der Waals surface area contributed by atoms with Gasteiger partial charge in [0.05, 0.1) is 16.6 Å². The summed E-state index contributed by atoms with van der Waals surface area (Å²) >= 11 is 6.04. The molecule has 0 bridgehead atoms. The zero-order valence-corrected chi connectivity index (χ0v) is 10.5. The van der Waals surface area contributed by atoms with E-state index in [1.165, 1.54) is 0 Å². The molecule has 19 heavy (non-hydrogen) atoms. The Balaban J connectivity index is 2.25. The van der Waals surface area contributed by atoms with Gasteiger partial charge < -0.3 is 0 Å². The van der Waals surface area contributed by atoms with E-state index in [-0.39, 0.29) is 0 Å². The van der Waals surface area contributed by atoms with Crippen LogP contribution in [0.5, 0.6) is 0 Å². The van der Waals surface area contributed by atoms with Gasteiger partial charge in [-0.2, -0.15) is 0 Å². The Labute approximate surface area is 113 Å². The van der Waals surface area contributed by atoms with Crippen LogP contribution in [0.2, 0.25) is 5.02 Å². The normalized spacial score (nSPS) is 11.4. The third-order valence-corrected chi connectivity index (χ3v) is 3.25. The van der Waals surface area contributed by atoms with Gasteiger partial charge in [-0.25, -0.2) is 9.97 Å². The average molecular weight is 267 g/mol. The molecule has 0 fully saturated rings. The molecule has 4 aromatic rings. The lowest BCUT2D eigenvalue weighted by molar-refractivity contribution is 1.09. The van der Waals surface area contributed by atoms with E-state index < -0.39 is 0 Å². The van der Waals surface area contributed by atoms with Crippen molar-refractivity contribution in [2.24, 2.45) is 0 Å². The van der Waals surface area contributed by atoms with Crippen LogP contribution in [0, 0.1) is 0 Å². The second kappa shape index (κ2) is 3.83. The van der Waals surface area contributed by atoms with E-state index in [2.05, 4.69) is 20.2 Å². The predicted molar refractivity (Wildman–Crippen MR) is 75.2 cm³/mol. The smallest absolute Gasteiger partial charge is 0.201 e. The van der Waals surface area contributed by atoms with Gasteiger partial charge >= 0.3 is 0 Å². The summed E-state index contributed by atoms with van der Waals surface area (Å²) in [4.78, 5) is 9.10. The number of nitrogens with zero attached hydrogens (tertiary/aromatic N) is 4. The summed E-state index contributed by atoms with van der Waals surface area (Å²) in [7, 11) is 0. The minimum absolute atomic E-state index is 0.536. The van der Waals surface area contributed by atoms with Crippen molar-refractivity contribution in [3.8, 4) is 0 Å². The Morgan fingerprint density at radius 1 is 0.789 bits per heavy atom. The molecule has 0 aliphatic rings. The minimum Gasteiger partial charge on any atom is -0.242 e. The Morgan fingerprint density at radius 2 is 1.58 bits per heavy atom. The topological polar surface area (TPSA) is 51.6 Å². The highest BCUT2D eigenvalue weighted by atomic mass is 35.5. The molecule has 0 unspecified atom stereocenters. The first kappa shape index (κ1) is 10.6. The molecule has 0 aliphatic carbocycles. The number of para-hydroxylation sites is 2. The molecule has 0 saturated carbocycles. The summed E-state index contributed by atoms with van der Waals surface area (Å²) < 4.78 is 0. The van der Waals surface area contributed by atoms with Crippen LogP contribution in [-0.4, -0.2) is 20.2 Å². The standard InChI is InChI=1S/C14H7ClN4/c15-8-5-6-10-9(7-8)13-14(19-18-10)17-12-4-2-1-3-11(12)16-13/h1-7H. The first-order valence-electron chi connectivity index (χ1n) is 5.80. The number of halogens is 1. The van der Waals surface area contributed by atoms with E-state index in [9.17, 15) is 0 Å². The molecule has 0 radical (unpaired) electrons. The third-order valence-electron chi connectivity index (χ3n) is 3.02. The summed E-state index contributed by atoms with van der Waals surface area (Å²) in [6, 6.07) is 13.2. The van der Waals surface area contributed by atoms with Crippen molar-refractivity contribution in [2.75, 3.05) is 0 Å². The largest absolute Gasteiger partial charge is 0.242 e. The maximum Gasteiger partial charge on any atom is 0.201 e. The number of aromatic nitrogens is 4. The summed E-state index contributed by atoms with van der Waals surface area (Å²) in [5.41, 5.74) is 3.68. The Bertz CT molecular complexity index is 936. The van der Waals surface area contributed by atoms with Crippen LogP contribution in [0.4, 0.5) is 0 Å². The van der Waals surface area contributed by atoms with Crippen LogP contribution in [0.15, 0.2) is 42.5 Å². The van der Waals surface area contributed by atoms with Crippen molar-refractivity contribution in [1.29, 1.82) is 0 Å². The number of hydrogen-bond acceptors (Lipinski definition) is 4. The van der Waals surface area contributed by atoms with Gasteiger partial charge in [-0.1, -0.05) is 23.7 Å². The SMILES string of the molecule is Clc1ccc2nnc3nc4ccccc4nc3c2c1. The lowest BCUT2D eigenvalue weighted by Gasteiger charge is -2.03. The first-order valence-corrected chi connectivity index (χ1v) is 6.17. The average Bonchev–Trinajstić information content (AvgIpc) is 2.45. The van der Waals surface area contributed by atoms with Crippen LogP contribution >= 0.6 is 11.6 Å². The van der Waals surface area contributed by atoms with Gasteiger partial charge in [-0.3, -0.25) is 0 Å². The third kappa shape index (κ3) is 1.61. The van der Waals surface area contributed by atoms with Crippen molar-refractivity contribution >= 4 is 44.7 Å². The molecule has 2 aromatic carbocycles. The van der Waals surface area contributed by atoms with Gasteiger partial charge in [0.25, 0.3) is 0 Å². The van der Waals surface area contributed by atoms with E-state index in [0.717, 1.165) is 27.5 Å². The first-order chi connectivity index (χ1) is 9.31. The fourth-order valence-electron chi connectivity index (χ4n) is 2.13. The number of hydrogen-bond donors (Lipinski definition) is 0.